The molecular formula is C20H27FN6O3S. The van der Waals surface area contributed by atoms with Crippen LogP contribution in [0.1, 0.15) is 57.1 Å². The number of sulfonamides is 1. The number of carbonyl (C=O) groups is 1. The lowest BCUT2D eigenvalue weighted by atomic mass is 10.1. The molecule has 0 radical (unpaired) electrons. The van der Waals surface area contributed by atoms with Crippen LogP contribution in [0.5, 0.6) is 0 Å². The summed E-state index contributed by atoms with van der Waals surface area (Å²) in [5, 5.41) is 11.5. The molecule has 0 bridgehead atoms. The SMILES string of the molecule is C[C@H]1CN(c2c(F)c(S(=O)(=O)NC3(C)CC3)cn3c(C(=O)C4CC4)nnc23)C[C@H](C)N1. The summed E-state index contributed by atoms with van der Waals surface area (Å²) in [5.41, 5.74) is -0.316. The summed E-state index contributed by atoms with van der Waals surface area (Å²) in [5.74, 6) is -1.10. The normalized spacial score (nSPS) is 25.7. The molecule has 2 atom stereocenters. The minimum atomic E-state index is -4.15. The van der Waals surface area contributed by atoms with E-state index in [0.29, 0.717) is 25.9 Å². The third-order valence-corrected chi connectivity index (χ3v) is 7.92. The van der Waals surface area contributed by atoms with Crippen molar-refractivity contribution in [2.75, 3.05) is 18.0 Å². The summed E-state index contributed by atoms with van der Waals surface area (Å²) in [6.45, 7) is 6.72. The van der Waals surface area contributed by atoms with Gasteiger partial charge in [-0.1, -0.05) is 0 Å². The first-order valence-electron chi connectivity index (χ1n) is 10.7. The molecule has 9 nitrogen and oxygen atoms in total. The highest BCUT2D eigenvalue weighted by molar-refractivity contribution is 7.89. The number of nitrogens with zero attached hydrogens (tertiary/aromatic N) is 4. The molecule has 2 saturated carbocycles. The molecule has 0 unspecified atom stereocenters. The van der Waals surface area contributed by atoms with E-state index in [4.69, 9.17) is 0 Å². The lowest BCUT2D eigenvalue weighted by Gasteiger charge is -2.37. The molecule has 0 spiro atoms. The Labute approximate surface area is 180 Å². The molecule has 11 heteroatoms. The zero-order chi connectivity index (χ0) is 22.1. The van der Waals surface area contributed by atoms with Crippen LogP contribution < -0.4 is 14.9 Å². The molecule has 3 heterocycles. The highest BCUT2D eigenvalue weighted by Gasteiger charge is 2.43. The first-order chi connectivity index (χ1) is 14.6. The predicted molar refractivity (Wildman–Crippen MR) is 112 cm³/mol. The van der Waals surface area contributed by atoms with E-state index >= 15 is 4.39 Å². The van der Waals surface area contributed by atoms with Crippen molar-refractivity contribution in [3.05, 3.63) is 17.8 Å². The summed E-state index contributed by atoms with van der Waals surface area (Å²) in [6.07, 6.45) is 4.12. The van der Waals surface area contributed by atoms with E-state index in [1.54, 1.807) is 11.8 Å². The number of hydrogen-bond acceptors (Lipinski definition) is 7. The summed E-state index contributed by atoms with van der Waals surface area (Å²) >= 11 is 0. The zero-order valence-electron chi connectivity index (χ0n) is 17.9. The van der Waals surface area contributed by atoms with Crippen molar-refractivity contribution < 1.29 is 17.6 Å². The largest absolute Gasteiger partial charge is 0.363 e. The van der Waals surface area contributed by atoms with E-state index in [1.807, 2.05) is 13.8 Å². The highest BCUT2D eigenvalue weighted by atomic mass is 32.2. The van der Waals surface area contributed by atoms with Gasteiger partial charge in [-0.3, -0.25) is 9.20 Å². The van der Waals surface area contributed by atoms with Gasteiger partial charge in [-0.05, 0) is 46.5 Å². The molecule has 31 heavy (non-hydrogen) atoms. The van der Waals surface area contributed by atoms with Crippen molar-refractivity contribution >= 4 is 27.1 Å². The lowest BCUT2D eigenvalue weighted by molar-refractivity contribution is 0.0956. The molecular weight excluding hydrogens is 423 g/mol. The van der Waals surface area contributed by atoms with Crippen LogP contribution in [0.2, 0.25) is 0 Å². The monoisotopic (exact) mass is 450 g/mol. The molecule has 0 amide bonds. The average molecular weight is 451 g/mol. The first-order valence-corrected chi connectivity index (χ1v) is 12.2. The number of carbonyl (C=O) groups excluding carboxylic acids is 1. The van der Waals surface area contributed by atoms with Gasteiger partial charge in [0.1, 0.15) is 10.6 Å². The van der Waals surface area contributed by atoms with Crippen LogP contribution in [0.3, 0.4) is 0 Å². The number of fused-ring (bicyclic) bond motifs is 1. The van der Waals surface area contributed by atoms with Gasteiger partial charge < -0.3 is 10.2 Å². The van der Waals surface area contributed by atoms with Gasteiger partial charge in [-0.2, -0.15) is 0 Å². The van der Waals surface area contributed by atoms with Crippen molar-refractivity contribution in [1.82, 2.24) is 24.6 Å². The molecule has 3 aliphatic rings. The van der Waals surface area contributed by atoms with Crippen LogP contribution in [-0.2, 0) is 10.0 Å². The quantitative estimate of drug-likeness (QED) is 0.642. The van der Waals surface area contributed by atoms with Gasteiger partial charge in [0.05, 0.1) is 0 Å². The van der Waals surface area contributed by atoms with E-state index in [9.17, 15) is 13.2 Å². The van der Waals surface area contributed by atoms with Crippen LogP contribution in [-0.4, -0.2) is 59.5 Å². The van der Waals surface area contributed by atoms with Crippen molar-refractivity contribution in [1.29, 1.82) is 0 Å². The van der Waals surface area contributed by atoms with Gasteiger partial charge >= 0.3 is 0 Å². The fourth-order valence-corrected chi connectivity index (χ4v) is 5.85. The predicted octanol–water partition coefficient (Wildman–Crippen LogP) is 1.48. The summed E-state index contributed by atoms with van der Waals surface area (Å²) in [6, 6.07) is 0.143. The van der Waals surface area contributed by atoms with Crippen molar-refractivity contribution in [3.63, 3.8) is 0 Å². The number of piperazine rings is 1. The Morgan fingerprint density at radius 1 is 1.23 bits per heavy atom. The number of halogens is 1. The Kier molecular flexibility index (Phi) is 4.65. The minimum absolute atomic E-state index is 0.0593. The Bertz CT molecular complexity index is 1160. The van der Waals surface area contributed by atoms with Crippen molar-refractivity contribution in [2.24, 2.45) is 5.92 Å². The number of anilines is 1. The number of pyridine rings is 1. The van der Waals surface area contributed by atoms with Gasteiger partial charge in [0, 0.05) is 42.8 Å². The molecule has 2 aromatic rings. The number of hydrogen-bond donors (Lipinski definition) is 2. The van der Waals surface area contributed by atoms with Gasteiger partial charge in [0.25, 0.3) is 0 Å². The van der Waals surface area contributed by atoms with Crippen LogP contribution >= 0.6 is 0 Å². The lowest BCUT2D eigenvalue weighted by Crippen LogP contribution is -2.54. The Morgan fingerprint density at radius 3 is 2.45 bits per heavy atom. The summed E-state index contributed by atoms with van der Waals surface area (Å²) < 4.78 is 46.1. The molecule has 5 rings (SSSR count). The summed E-state index contributed by atoms with van der Waals surface area (Å²) in [7, 11) is -4.15. The molecule has 2 aliphatic carbocycles. The van der Waals surface area contributed by atoms with E-state index in [2.05, 4.69) is 20.2 Å². The molecule has 2 N–H and O–H groups in total. The third kappa shape index (κ3) is 3.72. The fourth-order valence-electron chi connectivity index (χ4n) is 4.31. The topological polar surface area (TPSA) is 109 Å². The second-order valence-electron chi connectivity index (χ2n) is 9.55. The highest BCUT2D eigenvalue weighted by Crippen LogP contribution is 2.38. The maximum absolute atomic E-state index is 15.9. The van der Waals surface area contributed by atoms with Gasteiger partial charge in [0.15, 0.2) is 11.5 Å². The fraction of sp³-hybridized carbons (Fsp3) is 0.650. The van der Waals surface area contributed by atoms with Crippen LogP contribution in [0.4, 0.5) is 10.1 Å². The standard InChI is InChI=1S/C20H27FN6O3S/c1-11-8-26(9-12(2)22-11)16-15(21)14(31(29,30)25-20(3)6-7-20)10-27-18(16)23-24-19(27)17(28)13-4-5-13/h10-13,22,25H,4-9H2,1-3H3/t11-,12-/m0/s1. The maximum atomic E-state index is 15.9. The molecule has 1 saturated heterocycles. The smallest absolute Gasteiger partial charge is 0.245 e. The molecule has 3 fully saturated rings. The summed E-state index contributed by atoms with van der Waals surface area (Å²) in [4.78, 5) is 14.1. The first kappa shape index (κ1) is 20.8. The number of ketones is 1. The number of nitrogens with one attached hydrogen (secondary N) is 2. The second kappa shape index (κ2) is 6.94. The van der Waals surface area contributed by atoms with Crippen LogP contribution in [0.15, 0.2) is 11.1 Å². The van der Waals surface area contributed by atoms with Gasteiger partial charge in [-0.15, -0.1) is 10.2 Å². The Hall–Kier alpha value is -2.11. The Balaban J connectivity index is 1.70. The number of aromatic nitrogens is 3. The van der Waals surface area contributed by atoms with Crippen LogP contribution in [0.25, 0.3) is 5.65 Å². The van der Waals surface area contributed by atoms with Crippen LogP contribution in [0, 0.1) is 11.7 Å². The maximum Gasteiger partial charge on any atom is 0.245 e. The van der Waals surface area contributed by atoms with E-state index in [0.717, 1.165) is 19.0 Å². The zero-order valence-corrected chi connectivity index (χ0v) is 18.7. The Morgan fingerprint density at radius 2 is 1.87 bits per heavy atom. The molecule has 0 aromatic carbocycles. The molecule has 168 valence electrons. The second-order valence-corrected chi connectivity index (χ2v) is 11.2. The number of Topliss-reactive ketones (excluding diaryl/α,β-unsaturated/α-hetero) is 1. The molecule has 1 aliphatic heterocycles. The number of rotatable bonds is 6. The van der Waals surface area contributed by atoms with Gasteiger partial charge in [-0.25, -0.2) is 17.5 Å². The van der Waals surface area contributed by atoms with Gasteiger partial charge in [0.2, 0.25) is 21.6 Å². The van der Waals surface area contributed by atoms with E-state index < -0.39 is 26.3 Å². The molecule has 2 aromatic heterocycles. The van der Waals surface area contributed by atoms with Crippen molar-refractivity contribution in [3.8, 4) is 0 Å². The third-order valence-electron chi connectivity index (χ3n) is 6.29. The van der Waals surface area contributed by atoms with E-state index in [-0.39, 0.29) is 40.9 Å². The average Bonchev–Trinajstić information content (AvgIpc) is 3.59. The minimum Gasteiger partial charge on any atom is -0.363 e. The van der Waals surface area contributed by atoms with E-state index in [1.165, 1.54) is 4.40 Å². The van der Waals surface area contributed by atoms with Crippen molar-refractivity contribution in [2.45, 2.75) is 69.0 Å².